The molecule has 2 saturated heterocycles. The molecule has 4 nitrogen and oxygen atoms in total. The zero-order valence-electron chi connectivity index (χ0n) is 16.2. The minimum Gasteiger partial charge on any atom is -0.367 e. The number of pyridine rings is 1. The van der Waals surface area contributed by atoms with Crippen LogP contribution < -0.4 is 10.2 Å². The fourth-order valence-electron chi connectivity index (χ4n) is 5.77. The molecule has 2 saturated carbocycles. The van der Waals surface area contributed by atoms with E-state index in [2.05, 4.69) is 57.7 Å². The minimum absolute atomic E-state index is 0.0265. The monoisotopic (exact) mass is 381 g/mol. The van der Waals surface area contributed by atoms with Crippen molar-refractivity contribution in [3.63, 3.8) is 0 Å². The van der Waals surface area contributed by atoms with E-state index in [4.69, 9.17) is 0 Å². The van der Waals surface area contributed by atoms with E-state index >= 15 is 0 Å². The van der Waals surface area contributed by atoms with Gasteiger partial charge >= 0.3 is 0 Å². The highest BCUT2D eigenvalue weighted by atomic mass is 16.1. The zero-order valence-corrected chi connectivity index (χ0v) is 16.2. The summed E-state index contributed by atoms with van der Waals surface area (Å²) in [6.45, 7) is 1.92. The Morgan fingerprint density at radius 1 is 1.17 bits per heavy atom. The largest absolute Gasteiger partial charge is 0.367 e. The number of nitrogens with zero attached hydrogens (tertiary/aromatic N) is 2. The van der Waals surface area contributed by atoms with Crippen LogP contribution in [-0.4, -0.2) is 30.0 Å². The molecule has 29 heavy (non-hydrogen) atoms. The topological polar surface area (TPSA) is 45.2 Å². The van der Waals surface area contributed by atoms with E-state index in [0.29, 0.717) is 11.5 Å². The van der Waals surface area contributed by atoms with Gasteiger partial charge < -0.3 is 10.2 Å². The van der Waals surface area contributed by atoms with Crippen molar-refractivity contribution < 1.29 is 4.79 Å². The lowest BCUT2D eigenvalue weighted by molar-refractivity contribution is -0.116. The molecule has 1 N–H and O–H groups in total. The minimum atomic E-state index is -0.0265. The third-order valence-corrected chi connectivity index (χ3v) is 7.19. The maximum atomic E-state index is 12.1. The van der Waals surface area contributed by atoms with Crippen molar-refractivity contribution in [3.8, 4) is 0 Å². The van der Waals surface area contributed by atoms with Gasteiger partial charge in [0.25, 0.3) is 0 Å². The average molecular weight is 381 g/mol. The molecular formula is C25H23N3O. The molecule has 2 aliphatic heterocycles. The van der Waals surface area contributed by atoms with Gasteiger partial charge in [0.2, 0.25) is 5.91 Å². The number of amides is 1. The number of nitrogens with one attached hydrogen (secondary N) is 1. The van der Waals surface area contributed by atoms with Gasteiger partial charge in [0, 0.05) is 54.1 Å². The summed E-state index contributed by atoms with van der Waals surface area (Å²) in [5.74, 6) is 1.62. The van der Waals surface area contributed by atoms with Gasteiger partial charge in [-0.25, -0.2) is 0 Å². The highest BCUT2D eigenvalue weighted by molar-refractivity contribution is 5.95. The van der Waals surface area contributed by atoms with Gasteiger partial charge in [-0.3, -0.25) is 9.78 Å². The number of rotatable bonds is 6. The molecule has 4 fully saturated rings. The van der Waals surface area contributed by atoms with Crippen molar-refractivity contribution in [2.24, 2.45) is 17.3 Å². The van der Waals surface area contributed by atoms with Gasteiger partial charge in [-0.05, 0) is 47.4 Å². The van der Waals surface area contributed by atoms with Crippen molar-refractivity contribution in [2.45, 2.75) is 12.5 Å². The Balaban J connectivity index is 1.08. The molecular weight excluding hydrogens is 358 g/mol. The second-order valence-corrected chi connectivity index (χ2v) is 8.50. The fraction of sp³-hybridized carbons (Fsp3) is 0.280. The molecule has 2 bridgehead atoms. The van der Waals surface area contributed by atoms with Crippen LogP contribution >= 0.6 is 0 Å². The number of carbonyl (C=O) groups is 1. The van der Waals surface area contributed by atoms with Crippen LogP contribution in [0.2, 0.25) is 0 Å². The maximum absolute atomic E-state index is 12.1. The molecule has 1 amide bonds. The Morgan fingerprint density at radius 3 is 2.93 bits per heavy atom. The summed E-state index contributed by atoms with van der Waals surface area (Å²) in [5.41, 5.74) is 2.77. The summed E-state index contributed by atoms with van der Waals surface area (Å²) in [4.78, 5) is 18.8. The first-order valence-electron chi connectivity index (χ1n) is 10.4. The molecule has 144 valence electrons. The summed E-state index contributed by atoms with van der Waals surface area (Å²) >= 11 is 0. The molecule has 0 radical (unpaired) electrons. The number of piperidine rings is 1. The highest BCUT2D eigenvalue weighted by Crippen LogP contribution is 2.87. The van der Waals surface area contributed by atoms with Crippen LogP contribution in [-0.2, 0) is 4.79 Å². The van der Waals surface area contributed by atoms with Gasteiger partial charge in [0.05, 0.1) is 0 Å². The number of benzene rings is 2. The second-order valence-electron chi connectivity index (χ2n) is 8.50. The number of aromatic nitrogens is 1. The Labute approximate surface area is 170 Å². The number of fused-ring (bicyclic) bond motifs is 2. The Kier molecular flexibility index (Phi) is 3.58. The summed E-state index contributed by atoms with van der Waals surface area (Å²) in [6, 6.07) is 19.8. The summed E-state index contributed by atoms with van der Waals surface area (Å²) in [7, 11) is 0. The SMILES string of the molecule is O=C(/C=C/c1cccnc1)NCC[C@@]12C3[C@H]1[C@H]2CN3c1cccc2ccccc12. The molecule has 2 aromatic carbocycles. The lowest BCUT2D eigenvalue weighted by atomic mass is 10.0. The molecule has 4 heteroatoms. The number of anilines is 1. The van der Waals surface area contributed by atoms with Crippen LogP contribution in [0.5, 0.6) is 0 Å². The number of hydrogen-bond donors (Lipinski definition) is 1. The van der Waals surface area contributed by atoms with Crippen molar-refractivity contribution in [1.82, 2.24) is 10.3 Å². The Hall–Kier alpha value is -3.14. The van der Waals surface area contributed by atoms with E-state index < -0.39 is 0 Å². The van der Waals surface area contributed by atoms with E-state index in [1.54, 1.807) is 18.5 Å². The van der Waals surface area contributed by atoms with Crippen molar-refractivity contribution in [1.29, 1.82) is 0 Å². The molecule has 1 aromatic heterocycles. The third kappa shape index (κ3) is 2.52. The van der Waals surface area contributed by atoms with Gasteiger partial charge in [-0.2, -0.15) is 0 Å². The first-order valence-corrected chi connectivity index (χ1v) is 10.4. The lowest BCUT2D eigenvalue weighted by Gasteiger charge is -2.21. The van der Waals surface area contributed by atoms with E-state index in [9.17, 15) is 4.79 Å². The summed E-state index contributed by atoms with van der Waals surface area (Å²) in [6.07, 6.45) is 7.98. The summed E-state index contributed by atoms with van der Waals surface area (Å²) in [5, 5.41) is 5.73. The van der Waals surface area contributed by atoms with Crippen molar-refractivity contribution in [3.05, 3.63) is 78.6 Å². The Bertz CT molecular complexity index is 1110. The molecule has 4 atom stereocenters. The smallest absolute Gasteiger partial charge is 0.244 e. The molecule has 0 spiro atoms. The first-order chi connectivity index (χ1) is 14.3. The van der Waals surface area contributed by atoms with Crippen LogP contribution in [0.1, 0.15) is 12.0 Å². The van der Waals surface area contributed by atoms with Crippen molar-refractivity contribution in [2.75, 3.05) is 18.0 Å². The van der Waals surface area contributed by atoms with Crippen LogP contribution in [0.15, 0.2) is 73.1 Å². The molecule has 2 aliphatic carbocycles. The fourth-order valence-corrected chi connectivity index (χ4v) is 5.77. The lowest BCUT2D eigenvalue weighted by Crippen LogP contribution is -2.26. The summed E-state index contributed by atoms with van der Waals surface area (Å²) < 4.78 is 0. The normalized spacial score (nSPS) is 28.6. The van der Waals surface area contributed by atoms with E-state index in [1.165, 1.54) is 16.5 Å². The average Bonchev–Trinajstić information content (AvgIpc) is 3.46. The second kappa shape index (κ2) is 6.18. The molecule has 3 aromatic rings. The highest BCUT2D eigenvalue weighted by Gasteiger charge is 2.91. The zero-order chi connectivity index (χ0) is 19.4. The maximum Gasteiger partial charge on any atom is 0.244 e. The molecule has 3 heterocycles. The van der Waals surface area contributed by atoms with Gasteiger partial charge in [0.1, 0.15) is 0 Å². The molecule has 1 unspecified atom stereocenters. The van der Waals surface area contributed by atoms with Crippen LogP contribution in [0.3, 0.4) is 0 Å². The third-order valence-electron chi connectivity index (χ3n) is 7.19. The first kappa shape index (κ1) is 16.8. The standard InChI is InChI=1S/C25H23N3O/c29-22(11-10-17-5-4-13-26-15-17)27-14-12-25-20-16-28(24(25)23(20)25)21-9-3-7-18-6-1-2-8-19(18)21/h1-11,13,15,20,23-24H,12,14,16H2,(H,27,29)/b11-10+/t20-,23-,24?,25+/m1/s1. The predicted octanol–water partition coefficient (Wildman–Crippen LogP) is 3.89. The van der Waals surface area contributed by atoms with Crippen LogP contribution in [0.4, 0.5) is 5.69 Å². The number of carbonyl (C=O) groups excluding carboxylic acids is 1. The Morgan fingerprint density at radius 2 is 2.07 bits per heavy atom. The number of hydrogen-bond acceptors (Lipinski definition) is 3. The van der Waals surface area contributed by atoms with E-state index in [-0.39, 0.29) is 5.91 Å². The van der Waals surface area contributed by atoms with E-state index in [1.807, 2.05) is 18.2 Å². The quantitative estimate of drug-likeness (QED) is 0.659. The van der Waals surface area contributed by atoms with Gasteiger partial charge in [-0.15, -0.1) is 0 Å². The van der Waals surface area contributed by atoms with Crippen LogP contribution in [0.25, 0.3) is 16.8 Å². The van der Waals surface area contributed by atoms with Gasteiger partial charge in [-0.1, -0.05) is 42.5 Å². The van der Waals surface area contributed by atoms with Crippen molar-refractivity contribution >= 4 is 28.4 Å². The van der Waals surface area contributed by atoms with Crippen LogP contribution in [0, 0.1) is 17.3 Å². The molecule has 7 rings (SSSR count). The predicted molar refractivity (Wildman–Crippen MR) is 115 cm³/mol. The van der Waals surface area contributed by atoms with Gasteiger partial charge in [0.15, 0.2) is 0 Å². The van der Waals surface area contributed by atoms with E-state index in [0.717, 1.165) is 36.9 Å². The molecule has 4 aliphatic rings.